The Kier molecular flexibility index (Phi) is 3.85. The fourth-order valence-electron chi connectivity index (χ4n) is 4.82. The van der Waals surface area contributed by atoms with Gasteiger partial charge < -0.3 is 9.47 Å². The van der Waals surface area contributed by atoms with Crippen molar-refractivity contribution in [3.05, 3.63) is 82.3 Å². The van der Waals surface area contributed by atoms with Gasteiger partial charge in [-0.2, -0.15) is 0 Å². The average Bonchev–Trinajstić information content (AvgIpc) is 2.69. The van der Waals surface area contributed by atoms with E-state index in [1.54, 1.807) is 6.07 Å². The van der Waals surface area contributed by atoms with E-state index < -0.39 is 0 Å². The number of hydrogen-bond acceptors (Lipinski definition) is 2. The Morgan fingerprint density at radius 3 is 2.67 bits per heavy atom. The molecule has 0 spiro atoms. The van der Waals surface area contributed by atoms with Crippen LogP contribution in [0.3, 0.4) is 0 Å². The first kappa shape index (κ1) is 16.3. The van der Waals surface area contributed by atoms with E-state index in [1.165, 1.54) is 5.39 Å². The molecule has 2 aliphatic heterocycles. The second kappa shape index (κ2) is 6.38. The van der Waals surface area contributed by atoms with Crippen molar-refractivity contribution in [2.24, 2.45) is 5.92 Å². The zero-order valence-corrected chi connectivity index (χ0v) is 15.2. The largest absolute Gasteiger partial charge is 0.341 e. The van der Waals surface area contributed by atoms with Gasteiger partial charge in [0.2, 0.25) is 5.91 Å². The molecule has 3 heterocycles. The number of nitrogens with zero attached hydrogens (tertiary/aromatic N) is 2. The Bertz CT molecular complexity index is 1080. The molecule has 1 saturated heterocycles. The summed E-state index contributed by atoms with van der Waals surface area (Å²) in [5.41, 5.74) is 2.25. The lowest BCUT2D eigenvalue weighted by Gasteiger charge is -2.42. The second-order valence-electron chi connectivity index (χ2n) is 7.81. The van der Waals surface area contributed by atoms with E-state index in [4.69, 9.17) is 0 Å². The first-order valence-corrected chi connectivity index (χ1v) is 9.63. The molecular formula is C23H22N2O2. The SMILES string of the molecule is O=C(Cc1cccc2ccccc12)N1CC2CC(C1)c1cccc(=O)n1C2. The molecule has 2 aromatic carbocycles. The first-order chi connectivity index (χ1) is 13.2. The minimum Gasteiger partial charge on any atom is -0.341 e. The minimum absolute atomic E-state index is 0.0812. The van der Waals surface area contributed by atoms with E-state index in [-0.39, 0.29) is 17.4 Å². The summed E-state index contributed by atoms with van der Waals surface area (Å²) in [7, 11) is 0. The van der Waals surface area contributed by atoms with Gasteiger partial charge >= 0.3 is 0 Å². The van der Waals surface area contributed by atoms with Crippen molar-refractivity contribution < 1.29 is 4.79 Å². The van der Waals surface area contributed by atoms with Gasteiger partial charge in [-0.05, 0) is 34.7 Å². The van der Waals surface area contributed by atoms with E-state index in [1.807, 2.05) is 39.8 Å². The molecule has 2 bridgehead atoms. The summed E-state index contributed by atoms with van der Waals surface area (Å²) in [5.74, 6) is 0.823. The van der Waals surface area contributed by atoms with Crippen LogP contribution in [0, 0.1) is 5.92 Å². The van der Waals surface area contributed by atoms with Crippen LogP contribution in [0.25, 0.3) is 10.8 Å². The van der Waals surface area contributed by atoms with Gasteiger partial charge in [-0.15, -0.1) is 0 Å². The topological polar surface area (TPSA) is 42.3 Å². The molecule has 27 heavy (non-hydrogen) atoms. The van der Waals surface area contributed by atoms with Crippen molar-refractivity contribution in [1.29, 1.82) is 0 Å². The van der Waals surface area contributed by atoms with Gasteiger partial charge in [0.15, 0.2) is 0 Å². The summed E-state index contributed by atoms with van der Waals surface area (Å²) in [6.45, 7) is 2.19. The highest BCUT2D eigenvalue weighted by Gasteiger charge is 2.36. The summed E-state index contributed by atoms with van der Waals surface area (Å²) < 4.78 is 1.91. The standard InChI is InChI=1S/C23H22N2O2/c26-22-10-4-9-21-19-11-16(14-25(21)22)13-24(15-19)23(27)12-18-7-3-6-17-5-1-2-8-20(17)18/h1-10,16,19H,11-15H2. The molecule has 0 saturated carbocycles. The van der Waals surface area contributed by atoms with Gasteiger partial charge in [-0.3, -0.25) is 9.59 Å². The van der Waals surface area contributed by atoms with Crippen molar-refractivity contribution in [3.63, 3.8) is 0 Å². The quantitative estimate of drug-likeness (QED) is 0.706. The van der Waals surface area contributed by atoms with Gasteiger partial charge in [0.1, 0.15) is 0 Å². The molecule has 2 aliphatic rings. The number of likely N-dealkylation sites (tertiary alicyclic amines) is 1. The number of hydrogen-bond donors (Lipinski definition) is 0. The van der Waals surface area contributed by atoms with Gasteiger partial charge in [0.05, 0.1) is 6.42 Å². The average molecular weight is 358 g/mol. The number of amides is 1. The third kappa shape index (κ3) is 2.85. The third-order valence-electron chi connectivity index (χ3n) is 6.05. The van der Waals surface area contributed by atoms with Gasteiger partial charge in [-0.25, -0.2) is 0 Å². The van der Waals surface area contributed by atoms with Crippen LogP contribution in [0.4, 0.5) is 0 Å². The smallest absolute Gasteiger partial charge is 0.250 e. The minimum atomic E-state index is 0.0812. The van der Waals surface area contributed by atoms with Crippen LogP contribution >= 0.6 is 0 Å². The number of carbonyl (C=O) groups is 1. The van der Waals surface area contributed by atoms with E-state index in [0.717, 1.165) is 36.2 Å². The highest BCUT2D eigenvalue weighted by atomic mass is 16.2. The molecule has 1 amide bonds. The summed E-state index contributed by atoms with van der Waals surface area (Å²) in [6, 6.07) is 19.9. The highest BCUT2D eigenvalue weighted by molar-refractivity contribution is 5.90. The van der Waals surface area contributed by atoms with E-state index in [9.17, 15) is 9.59 Å². The maximum atomic E-state index is 13.1. The fraction of sp³-hybridized carbons (Fsp3) is 0.304. The number of carbonyl (C=O) groups excluding carboxylic acids is 1. The van der Waals surface area contributed by atoms with Crippen LogP contribution in [0.2, 0.25) is 0 Å². The van der Waals surface area contributed by atoms with Gasteiger partial charge in [0, 0.05) is 37.3 Å². The molecule has 2 atom stereocenters. The van der Waals surface area contributed by atoms with Crippen molar-refractivity contribution in [2.45, 2.75) is 25.3 Å². The number of pyridine rings is 1. The van der Waals surface area contributed by atoms with Crippen molar-refractivity contribution >= 4 is 16.7 Å². The van der Waals surface area contributed by atoms with Crippen molar-refractivity contribution in [1.82, 2.24) is 9.47 Å². The van der Waals surface area contributed by atoms with Crippen LogP contribution in [0.15, 0.2) is 65.5 Å². The summed E-state index contributed by atoms with van der Waals surface area (Å²) >= 11 is 0. The molecule has 3 aromatic rings. The van der Waals surface area contributed by atoms with Crippen LogP contribution < -0.4 is 5.56 Å². The zero-order chi connectivity index (χ0) is 18.4. The maximum absolute atomic E-state index is 13.1. The van der Waals surface area contributed by atoms with E-state index >= 15 is 0 Å². The Balaban J connectivity index is 1.40. The molecule has 4 heteroatoms. The number of piperidine rings is 1. The molecule has 1 aromatic heterocycles. The number of aromatic nitrogens is 1. The van der Waals surface area contributed by atoms with Crippen LogP contribution in [0.5, 0.6) is 0 Å². The lowest BCUT2D eigenvalue weighted by Crippen LogP contribution is -2.49. The second-order valence-corrected chi connectivity index (χ2v) is 7.81. The maximum Gasteiger partial charge on any atom is 0.250 e. The van der Waals surface area contributed by atoms with Crippen molar-refractivity contribution in [3.8, 4) is 0 Å². The molecule has 0 aliphatic carbocycles. The van der Waals surface area contributed by atoms with Gasteiger partial charge in [-0.1, -0.05) is 48.5 Å². The summed E-state index contributed by atoms with van der Waals surface area (Å²) in [6.07, 6.45) is 1.50. The Morgan fingerprint density at radius 1 is 0.926 bits per heavy atom. The predicted molar refractivity (Wildman–Crippen MR) is 106 cm³/mol. The van der Waals surface area contributed by atoms with Crippen molar-refractivity contribution in [2.75, 3.05) is 13.1 Å². The normalized spacial score (nSPS) is 21.1. The van der Waals surface area contributed by atoms with Gasteiger partial charge in [0.25, 0.3) is 5.56 Å². The molecule has 4 nitrogen and oxygen atoms in total. The summed E-state index contributed by atoms with van der Waals surface area (Å²) in [5, 5.41) is 2.33. The molecule has 0 N–H and O–H groups in total. The molecule has 5 rings (SSSR count). The molecular weight excluding hydrogens is 336 g/mol. The van der Waals surface area contributed by atoms with Crippen LogP contribution in [0.1, 0.15) is 23.6 Å². The molecule has 1 fully saturated rings. The number of rotatable bonds is 2. The number of benzene rings is 2. The van der Waals surface area contributed by atoms with Crippen LogP contribution in [-0.4, -0.2) is 28.5 Å². The summed E-state index contributed by atoms with van der Waals surface area (Å²) in [4.78, 5) is 27.3. The predicted octanol–water partition coefficient (Wildman–Crippen LogP) is 3.19. The third-order valence-corrected chi connectivity index (χ3v) is 6.05. The van der Waals surface area contributed by atoms with Crippen LogP contribution in [-0.2, 0) is 17.8 Å². The fourth-order valence-corrected chi connectivity index (χ4v) is 4.82. The zero-order valence-electron chi connectivity index (χ0n) is 15.2. The first-order valence-electron chi connectivity index (χ1n) is 9.63. The monoisotopic (exact) mass is 358 g/mol. The molecule has 0 radical (unpaired) electrons. The lowest BCUT2D eigenvalue weighted by molar-refractivity contribution is -0.133. The molecule has 136 valence electrons. The molecule has 2 unspecified atom stereocenters. The van der Waals surface area contributed by atoms with E-state index in [0.29, 0.717) is 18.9 Å². The Morgan fingerprint density at radius 2 is 1.74 bits per heavy atom. The lowest BCUT2D eigenvalue weighted by atomic mass is 9.83. The van der Waals surface area contributed by atoms with E-state index in [2.05, 4.69) is 24.3 Å². The highest BCUT2D eigenvalue weighted by Crippen LogP contribution is 2.35. The Hall–Kier alpha value is -2.88. The number of fused-ring (bicyclic) bond motifs is 5. The Labute approximate surface area is 158 Å².